The van der Waals surface area contributed by atoms with Crippen LogP contribution >= 0.6 is 12.2 Å². The fourth-order valence-corrected chi connectivity index (χ4v) is 2.39. The summed E-state index contributed by atoms with van der Waals surface area (Å²) in [7, 11) is 0. The third-order valence-corrected chi connectivity index (χ3v) is 3.44. The van der Waals surface area contributed by atoms with Gasteiger partial charge in [-0.3, -0.25) is 4.18 Å². The first kappa shape index (κ1) is 6.95. The molecule has 1 aliphatic carbocycles. The van der Waals surface area contributed by atoms with Crippen molar-refractivity contribution in [3.63, 3.8) is 0 Å². The van der Waals surface area contributed by atoms with Gasteiger partial charge in [0.1, 0.15) is 6.23 Å². The predicted octanol–water partition coefficient (Wildman–Crippen LogP) is 2.17. The topological polar surface area (TPSA) is 12.5 Å². The SMILES string of the molecule is CC1OSN1C1CCCC1. The Labute approximate surface area is 66.3 Å². The zero-order valence-electron chi connectivity index (χ0n) is 6.25. The van der Waals surface area contributed by atoms with Crippen molar-refractivity contribution in [1.82, 2.24) is 4.31 Å². The van der Waals surface area contributed by atoms with Crippen LogP contribution < -0.4 is 0 Å². The lowest BCUT2D eigenvalue weighted by molar-refractivity contribution is 0.0364. The maximum atomic E-state index is 5.20. The van der Waals surface area contributed by atoms with Crippen LogP contribution in [0.4, 0.5) is 0 Å². The first-order chi connectivity index (χ1) is 4.88. The van der Waals surface area contributed by atoms with Crippen LogP contribution in [0.2, 0.25) is 0 Å². The number of hydrogen-bond donors (Lipinski definition) is 0. The number of rotatable bonds is 1. The summed E-state index contributed by atoms with van der Waals surface area (Å²) in [5.41, 5.74) is 0. The molecule has 58 valence electrons. The van der Waals surface area contributed by atoms with Crippen LogP contribution in [0.3, 0.4) is 0 Å². The van der Waals surface area contributed by atoms with E-state index >= 15 is 0 Å². The molecule has 0 N–H and O–H groups in total. The molecule has 2 fully saturated rings. The van der Waals surface area contributed by atoms with E-state index in [-0.39, 0.29) is 0 Å². The summed E-state index contributed by atoms with van der Waals surface area (Å²) in [6.07, 6.45) is 5.94. The van der Waals surface area contributed by atoms with E-state index < -0.39 is 0 Å². The van der Waals surface area contributed by atoms with Gasteiger partial charge in [-0.05, 0) is 19.8 Å². The lowest BCUT2D eigenvalue weighted by atomic mass is 10.2. The van der Waals surface area contributed by atoms with Crippen molar-refractivity contribution in [1.29, 1.82) is 0 Å². The predicted molar refractivity (Wildman–Crippen MR) is 42.2 cm³/mol. The highest BCUT2D eigenvalue weighted by atomic mass is 32.2. The fraction of sp³-hybridized carbons (Fsp3) is 1.00. The van der Waals surface area contributed by atoms with Crippen LogP contribution in [0.5, 0.6) is 0 Å². The zero-order valence-corrected chi connectivity index (χ0v) is 7.06. The highest BCUT2D eigenvalue weighted by Crippen LogP contribution is 2.38. The van der Waals surface area contributed by atoms with Crippen molar-refractivity contribution in [2.24, 2.45) is 0 Å². The Balaban J connectivity index is 1.86. The quantitative estimate of drug-likeness (QED) is 0.430. The minimum absolute atomic E-state index is 0.369. The summed E-state index contributed by atoms with van der Waals surface area (Å²) < 4.78 is 7.58. The highest BCUT2D eigenvalue weighted by molar-refractivity contribution is 7.93. The summed E-state index contributed by atoms with van der Waals surface area (Å²) in [6, 6.07) is 0.814. The first-order valence-corrected chi connectivity index (χ1v) is 4.69. The van der Waals surface area contributed by atoms with Gasteiger partial charge in [0, 0.05) is 6.04 Å². The standard InChI is InChI=1S/C7H13NOS/c1-6-8(10-9-6)7-4-2-3-5-7/h6-7H,2-5H2,1H3. The van der Waals surface area contributed by atoms with Crippen molar-refractivity contribution in [2.75, 3.05) is 0 Å². The second kappa shape index (κ2) is 2.72. The maximum absolute atomic E-state index is 5.20. The Morgan fingerprint density at radius 3 is 2.50 bits per heavy atom. The molecule has 1 saturated heterocycles. The van der Waals surface area contributed by atoms with E-state index in [1.807, 2.05) is 0 Å². The molecule has 0 aromatic heterocycles. The Kier molecular flexibility index (Phi) is 1.89. The van der Waals surface area contributed by atoms with Crippen LogP contribution in [-0.2, 0) is 4.18 Å². The molecule has 1 unspecified atom stereocenters. The molecule has 2 rings (SSSR count). The molecule has 2 aliphatic rings. The first-order valence-electron chi connectivity index (χ1n) is 4.00. The van der Waals surface area contributed by atoms with Gasteiger partial charge in [0.15, 0.2) is 0 Å². The van der Waals surface area contributed by atoms with Gasteiger partial charge in [0.2, 0.25) is 0 Å². The van der Waals surface area contributed by atoms with Crippen LogP contribution in [0.1, 0.15) is 32.6 Å². The second-order valence-corrected chi connectivity index (χ2v) is 3.83. The van der Waals surface area contributed by atoms with E-state index in [1.165, 1.54) is 25.7 Å². The normalized spacial score (nSPS) is 36.3. The summed E-state index contributed by atoms with van der Waals surface area (Å²) in [6.45, 7) is 2.12. The van der Waals surface area contributed by atoms with Gasteiger partial charge in [0.05, 0.1) is 12.2 Å². The molecular weight excluding hydrogens is 146 g/mol. The minimum Gasteiger partial charge on any atom is -0.281 e. The second-order valence-electron chi connectivity index (χ2n) is 3.07. The Morgan fingerprint density at radius 2 is 2.10 bits per heavy atom. The summed E-state index contributed by atoms with van der Waals surface area (Å²) >= 11 is 1.54. The molecule has 0 bridgehead atoms. The van der Waals surface area contributed by atoms with Gasteiger partial charge in [-0.15, -0.1) is 0 Å². The van der Waals surface area contributed by atoms with Gasteiger partial charge in [-0.25, -0.2) is 0 Å². The number of nitrogens with zero attached hydrogens (tertiary/aromatic N) is 1. The molecule has 2 nitrogen and oxygen atoms in total. The monoisotopic (exact) mass is 159 g/mol. The highest BCUT2D eigenvalue weighted by Gasteiger charge is 2.34. The molecule has 0 aromatic carbocycles. The smallest absolute Gasteiger partial charge is 0.134 e. The average Bonchev–Trinajstić information content (AvgIpc) is 2.37. The zero-order chi connectivity index (χ0) is 6.97. The fourth-order valence-electron chi connectivity index (χ4n) is 1.70. The van der Waals surface area contributed by atoms with Crippen molar-refractivity contribution < 1.29 is 4.18 Å². The van der Waals surface area contributed by atoms with E-state index in [4.69, 9.17) is 4.18 Å². The van der Waals surface area contributed by atoms with Crippen LogP contribution in [0.15, 0.2) is 0 Å². The lowest BCUT2D eigenvalue weighted by Gasteiger charge is -2.39. The Bertz CT molecular complexity index is 125. The van der Waals surface area contributed by atoms with Crippen LogP contribution in [0, 0.1) is 0 Å². The van der Waals surface area contributed by atoms with E-state index in [9.17, 15) is 0 Å². The molecule has 1 heterocycles. The van der Waals surface area contributed by atoms with E-state index in [0.717, 1.165) is 6.04 Å². The van der Waals surface area contributed by atoms with Crippen molar-refractivity contribution in [2.45, 2.75) is 44.9 Å². The molecule has 0 spiro atoms. The van der Waals surface area contributed by atoms with Gasteiger partial charge in [0.25, 0.3) is 0 Å². The largest absolute Gasteiger partial charge is 0.281 e. The van der Waals surface area contributed by atoms with E-state index in [1.54, 1.807) is 12.2 Å². The van der Waals surface area contributed by atoms with E-state index in [2.05, 4.69) is 11.2 Å². The maximum Gasteiger partial charge on any atom is 0.134 e. The third-order valence-electron chi connectivity index (χ3n) is 2.31. The number of hydrogen-bond acceptors (Lipinski definition) is 3. The van der Waals surface area contributed by atoms with Crippen molar-refractivity contribution in [3.05, 3.63) is 0 Å². The lowest BCUT2D eigenvalue weighted by Crippen LogP contribution is -2.43. The molecule has 0 radical (unpaired) electrons. The van der Waals surface area contributed by atoms with Gasteiger partial charge in [-0.2, -0.15) is 4.31 Å². The van der Waals surface area contributed by atoms with Gasteiger partial charge >= 0.3 is 0 Å². The molecule has 0 aromatic rings. The van der Waals surface area contributed by atoms with E-state index in [0.29, 0.717) is 6.23 Å². The summed E-state index contributed by atoms with van der Waals surface area (Å²) in [5.74, 6) is 0. The molecule has 3 heteroatoms. The van der Waals surface area contributed by atoms with Crippen LogP contribution in [0.25, 0.3) is 0 Å². The molecular formula is C7H13NOS. The third kappa shape index (κ3) is 1.06. The molecule has 1 saturated carbocycles. The Morgan fingerprint density at radius 1 is 1.40 bits per heavy atom. The van der Waals surface area contributed by atoms with Gasteiger partial charge < -0.3 is 0 Å². The molecule has 10 heavy (non-hydrogen) atoms. The molecule has 0 amide bonds. The van der Waals surface area contributed by atoms with Crippen LogP contribution in [-0.4, -0.2) is 16.6 Å². The van der Waals surface area contributed by atoms with Crippen molar-refractivity contribution in [3.8, 4) is 0 Å². The summed E-state index contributed by atoms with van der Waals surface area (Å²) in [5, 5.41) is 0. The van der Waals surface area contributed by atoms with Crippen molar-refractivity contribution >= 4 is 12.2 Å². The Hall–Kier alpha value is 0.270. The minimum atomic E-state index is 0.369. The summed E-state index contributed by atoms with van der Waals surface area (Å²) in [4.78, 5) is 0. The molecule has 1 aliphatic heterocycles. The average molecular weight is 159 g/mol. The molecule has 1 atom stereocenters. The van der Waals surface area contributed by atoms with Gasteiger partial charge in [-0.1, -0.05) is 12.8 Å².